The summed E-state index contributed by atoms with van der Waals surface area (Å²) in [6, 6.07) is 9.63. The van der Waals surface area contributed by atoms with Crippen LogP contribution >= 0.6 is 11.3 Å². The van der Waals surface area contributed by atoms with Crippen molar-refractivity contribution < 1.29 is 9.72 Å². The molecule has 126 valence electrons. The van der Waals surface area contributed by atoms with Gasteiger partial charge < -0.3 is 5.32 Å². The molecule has 2 aromatic heterocycles. The standard InChI is InChI=1S/C15H12N6O3S/c22-14(19-15-20-18-9-25-15)11-4-5-13(17-8-11)16-7-10-2-1-3-12(6-10)21(23)24/h1-6,8-9H,7H2,(H,16,17)(H,19,20,22). The summed E-state index contributed by atoms with van der Waals surface area (Å²) >= 11 is 1.22. The van der Waals surface area contributed by atoms with Crippen molar-refractivity contribution in [2.75, 3.05) is 10.6 Å². The van der Waals surface area contributed by atoms with Crippen molar-refractivity contribution >= 4 is 33.9 Å². The maximum atomic E-state index is 12.0. The lowest BCUT2D eigenvalue weighted by atomic mass is 10.2. The summed E-state index contributed by atoms with van der Waals surface area (Å²) in [6.07, 6.45) is 1.44. The van der Waals surface area contributed by atoms with Crippen LogP contribution in [-0.4, -0.2) is 26.0 Å². The monoisotopic (exact) mass is 356 g/mol. The number of hydrogen-bond donors (Lipinski definition) is 2. The van der Waals surface area contributed by atoms with Crippen molar-refractivity contribution in [3.05, 3.63) is 69.3 Å². The lowest BCUT2D eigenvalue weighted by Crippen LogP contribution is -2.12. The molecule has 0 aliphatic rings. The molecule has 0 aliphatic carbocycles. The van der Waals surface area contributed by atoms with Crippen molar-refractivity contribution in [2.24, 2.45) is 0 Å². The van der Waals surface area contributed by atoms with Crippen LogP contribution in [0.1, 0.15) is 15.9 Å². The van der Waals surface area contributed by atoms with Gasteiger partial charge in [-0.15, -0.1) is 10.2 Å². The molecule has 0 bridgehead atoms. The third-order valence-corrected chi connectivity index (χ3v) is 3.81. The molecule has 0 saturated heterocycles. The molecule has 0 aliphatic heterocycles. The highest BCUT2D eigenvalue weighted by molar-refractivity contribution is 7.13. The summed E-state index contributed by atoms with van der Waals surface area (Å²) in [5, 5.41) is 24.2. The maximum Gasteiger partial charge on any atom is 0.269 e. The van der Waals surface area contributed by atoms with E-state index >= 15 is 0 Å². The van der Waals surface area contributed by atoms with Gasteiger partial charge in [0, 0.05) is 24.9 Å². The highest BCUT2D eigenvalue weighted by Crippen LogP contribution is 2.15. The van der Waals surface area contributed by atoms with Crippen LogP contribution in [0.2, 0.25) is 0 Å². The van der Waals surface area contributed by atoms with Crippen LogP contribution in [0.3, 0.4) is 0 Å². The molecule has 0 fully saturated rings. The number of nitrogens with zero attached hydrogens (tertiary/aromatic N) is 4. The van der Waals surface area contributed by atoms with E-state index in [1.54, 1.807) is 24.3 Å². The lowest BCUT2D eigenvalue weighted by Gasteiger charge is -2.06. The number of amides is 1. The lowest BCUT2D eigenvalue weighted by molar-refractivity contribution is -0.384. The topological polar surface area (TPSA) is 123 Å². The predicted octanol–water partition coefficient (Wildman–Crippen LogP) is 2.71. The van der Waals surface area contributed by atoms with Gasteiger partial charge in [0.25, 0.3) is 11.6 Å². The first-order valence-corrected chi connectivity index (χ1v) is 8.00. The zero-order valence-corrected chi connectivity index (χ0v) is 13.6. The van der Waals surface area contributed by atoms with Gasteiger partial charge in [0.05, 0.1) is 10.5 Å². The van der Waals surface area contributed by atoms with Crippen molar-refractivity contribution in [3.63, 3.8) is 0 Å². The molecule has 0 spiro atoms. The maximum absolute atomic E-state index is 12.0. The number of rotatable bonds is 6. The molecule has 10 heteroatoms. The Hall–Kier alpha value is -3.40. The average molecular weight is 356 g/mol. The average Bonchev–Trinajstić information content (AvgIpc) is 3.13. The Balaban J connectivity index is 1.60. The Morgan fingerprint density at radius 3 is 2.84 bits per heavy atom. The van der Waals surface area contributed by atoms with Crippen LogP contribution in [0.15, 0.2) is 48.1 Å². The molecule has 3 aromatic rings. The zero-order chi connectivity index (χ0) is 17.6. The number of nitrogens with one attached hydrogen (secondary N) is 2. The Bertz CT molecular complexity index is 883. The van der Waals surface area contributed by atoms with Crippen LogP contribution in [0.25, 0.3) is 0 Å². The van der Waals surface area contributed by atoms with Crippen LogP contribution in [0.5, 0.6) is 0 Å². The number of nitro groups is 1. The number of aromatic nitrogens is 3. The molecule has 0 radical (unpaired) electrons. The second-order valence-electron chi connectivity index (χ2n) is 4.91. The van der Waals surface area contributed by atoms with E-state index in [0.29, 0.717) is 23.1 Å². The summed E-state index contributed by atoms with van der Waals surface area (Å²) in [4.78, 5) is 26.5. The van der Waals surface area contributed by atoms with E-state index in [2.05, 4.69) is 25.8 Å². The fourth-order valence-electron chi connectivity index (χ4n) is 2.00. The third kappa shape index (κ3) is 4.32. The highest BCUT2D eigenvalue weighted by atomic mass is 32.1. The largest absolute Gasteiger partial charge is 0.366 e. The SMILES string of the molecule is O=C(Nc1nncs1)c1ccc(NCc2cccc([N+](=O)[O-])c2)nc1. The number of pyridine rings is 1. The Labute approximate surface area is 145 Å². The number of benzene rings is 1. The molecule has 2 heterocycles. The predicted molar refractivity (Wildman–Crippen MR) is 92.5 cm³/mol. The molecule has 9 nitrogen and oxygen atoms in total. The molecule has 3 rings (SSSR count). The zero-order valence-electron chi connectivity index (χ0n) is 12.7. The van der Waals surface area contributed by atoms with Crippen LogP contribution in [0, 0.1) is 10.1 Å². The number of nitro benzene ring substituents is 1. The third-order valence-electron chi connectivity index (χ3n) is 3.20. The molecule has 1 aromatic carbocycles. The number of carbonyl (C=O) groups is 1. The van der Waals surface area contributed by atoms with Gasteiger partial charge in [0.15, 0.2) is 0 Å². The Kier molecular flexibility index (Phi) is 4.90. The summed E-state index contributed by atoms with van der Waals surface area (Å²) in [6.45, 7) is 0.380. The first-order chi connectivity index (χ1) is 12.1. The van der Waals surface area contributed by atoms with Crippen molar-refractivity contribution in [1.82, 2.24) is 15.2 Å². The smallest absolute Gasteiger partial charge is 0.269 e. The van der Waals surface area contributed by atoms with E-state index in [1.807, 2.05) is 0 Å². The minimum absolute atomic E-state index is 0.0379. The first kappa shape index (κ1) is 16.5. The van der Waals surface area contributed by atoms with E-state index in [0.717, 1.165) is 5.56 Å². The molecule has 1 amide bonds. The number of non-ortho nitro benzene ring substituents is 1. The number of carbonyl (C=O) groups excluding carboxylic acids is 1. The second kappa shape index (κ2) is 7.45. The van der Waals surface area contributed by atoms with Gasteiger partial charge in [-0.05, 0) is 17.7 Å². The summed E-state index contributed by atoms with van der Waals surface area (Å²) in [5.41, 5.74) is 2.70. The van der Waals surface area contributed by atoms with Gasteiger partial charge in [-0.2, -0.15) is 0 Å². The summed E-state index contributed by atoms with van der Waals surface area (Å²) < 4.78 is 0. The molecule has 2 N–H and O–H groups in total. The van der Waals surface area contributed by atoms with E-state index in [-0.39, 0.29) is 11.6 Å². The summed E-state index contributed by atoms with van der Waals surface area (Å²) in [5.74, 6) is 0.230. The van der Waals surface area contributed by atoms with E-state index in [9.17, 15) is 14.9 Å². The van der Waals surface area contributed by atoms with Crippen molar-refractivity contribution in [2.45, 2.75) is 6.54 Å². The van der Waals surface area contributed by atoms with Crippen LogP contribution in [-0.2, 0) is 6.54 Å². The van der Waals surface area contributed by atoms with Gasteiger partial charge >= 0.3 is 0 Å². The minimum Gasteiger partial charge on any atom is -0.366 e. The molecular weight excluding hydrogens is 344 g/mol. The molecule has 0 atom stereocenters. The first-order valence-electron chi connectivity index (χ1n) is 7.12. The van der Waals surface area contributed by atoms with Gasteiger partial charge in [-0.3, -0.25) is 20.2 Å². The minimum atomic E-state index is -0.437. The number of anilines is 2. The van der Waals surface area contributed by atoms with Gasteiger partial charge in [0.2, 0.25) is 5.13 Å². The van der Waals surface area contributed by atoms with Crippen LogP contribution in [0.4, 0.5) is 16.6 Å². The quantitative estimate of drug-likeness (QED) is 0.514. The van der Waals surface area contributed by atoms with Crippen molar-refractivity contribution in [1.29, 1.82) is 0 Å². The second-order valence-corrected chi connectivity index (χ2v) is 5.74. The van der Waals surface area contributed by atoms with Gasteiger partial charge in [-0.25, -0.2) is 4.98 Å². The van der Waals surface area contributed by atoms with E-state index in [1.165, 1.54) is 35.2 Å². The van der Waals surface area contributed by atoms with Crippen LogP contribution < -0.4 is 10.6 Å². The summed E-state index contributed by atoms with van der Waals surface area (Å²) in [7, 11) is 0. The fraction of sp³-hybridized carbons (Fsp3) is 0.0667. The molecule has 25 heavy (non-hydrogen) atoms. The highest BCUT2D eigenvalue weighted by Gasteiger charge is 2.09. The normalized spacial score (nSPS) is 10.2. The Morgan fingerprint density at radius 1 is 1.28 bits per heavy atom. The van der Waals surface area contributed by atoms with E-state index in [4.69, 9.17) is 0 Å². The fourth-order valence-corrected chi connectivity index (χ4v) is 2.44. The van der Waals surface area contributed by atoms with Gasteiger partial charge in [-0.1, -0.05) is 23.5 Å². The molecular formula is C15H12N6O3S. The number of hydrogen-bond acceptors (Lipinski definition) is 8. The molecule has 0 unspecified atom stereocenters. The van der Waals surface area contributed by atoms with E-state index < -0.39 is 4.92 Å². The van der Waals surface area contributed by atoms with Gasteiger partial charge in [0.1, 0.15) is 11.3 Å². The Morgan fingerprint density at radius 2 is 2.16 bits per heavy atom. The van der Waals surface area contributed by atoms with Crippen molar-refractivity contribution in [3.8, 4) is 0 Å². The molecule has 0 saturated carbocycles.